The maximum Gasteiger partial charge on any atom is 0.247 e. The van der Waals surface area contributed by atoms with Crippen molar-refractivity contribution < 1.29 is 4.42 Å². The molecule has 2 heterocycles. The number of benzene rings is 1. The van der Waals surface area contributed by atoms with E-state index >= 15 is 0 Å². The van der Waals surface area contributed by atoms with Gasteiger partial charge in [-0.25, -0.2) is 0 Å². The Labute approximate surface area is 119 Å². The van der Waals surface area contributed by atoms with Crippen LogP contribution in [-0.2, 0) is 6.54 Å². The van der Waals surface area contributed by atoms with Crippen LogP contribution < -0.4 is 5.32 Å². The second kappa shape index (κ2) is 6.15. The van der Waals surface area contributed by atoms with Crippen LogP contribution in [0.5, 0.6) is 0 Å². The lowest BCUT2D eigenvalue weighted by atomic mass is 10.1. The molecule has 20 heavy (non-hydrogen) atoms. The van der Waals surface area contributed by atoms with Crippen LogP contribution in [-0.4, -0.2) is 40.8 Å². The highest BCUT2D eigenvalue weighted by molar-refractivity contribution is 5.51. The molecule has 5 heteroatoms. The molecule has 1 fully saturated rings. The quantitative estimate of drug-likeness (QED) is 0.870. The van der Waals surface area contributed by atoms with Crippen molar-refractivity contribution in [3.63, 3.8) is 0 Å². The summed E-state index contributed by atoms with van der Waals surface area (Å²) in [6, 6.07) is 10.5. The zero-order valence-electron chi connectivity index (χ0n) is 11.7. The highest BCUT2D eigenvalue weighted by Crippen LogP contribution is 2.18. The van der Waals surface area contributed by atoms with Gasteiger partial charge in [-0.1, -0.05) is 25.1 Å². The topological polar surface area (TPSA) is 54.2 Å². The first-order valence-electron chi connectivity index (χ1n) is 7.19. The minimum absolute atomic E-state index is 0.599. The van der Waals surface area contributed by atoms with E-state index in [4.69, 9.17) is 4.42 Å². The fraction of sp³-hybridized carbons (Fsp3) is 0.467. The lowest BCUT2D eigenvalue weighted by Crippen LogP contribution is -2.57. The van der Waals surface area contributed by atoms with Crippen LogP contribution in [0.4, 0.5) is 0 Å². The lowest BCUT2D eigenvalue weighted by Gasteiger charge is -2.37. The van der Waals surface area contributed by atoms with Crippen LogP contribution in [0, 0.1) is 0 Å². The number of hydrogen-bond donors (Lipinski definition) is 1. The van der Waals surface area contributed by atoms with Gasteiger partial charge in [0.1, 0.15) is 0 Å². The minimum atomic E-state index is 0.599. The van der Waals surface area contributed by atoms with Crippen LogP contribution in [0.3, 0.4) is 0 Å². The van der Waals surface area contributed by atoms with E-state index in [0.717, 1.165) is 38.2 Å². The second-order valence-corrected chi connectivity index (χ2v) is 5.15. The SMILES string of the molecule is CCCN(Cc1nnc(-c2ccccc2)o1)C1CNC1. The molecule has 1 N–H and O–H groups in total. The van der Waals surface area contributed by atoms with Crippen LogP contribution in [0.2, 0.25) is 0 Å². The molecule has 0 spiro atoms. The first-order chi connectivity index (χ1) is 9.86. The van der Waals surface area contributed by atoms with E-state index in [1.807, 2.05) is 30.3 Å². The summed E-state index contributed by atoms with van der Waals surface area (Å²) >= 11 is 0. The van der Waals surface area contributed by atoms with E-state index in [9.17, 15) is 0 Å². The molecule has 1 aromatic carbocycles. The van der Waals surface area contributed by atoms with Crippen molar-refractivity contribution in [1.29, 1.82) is 0 Å². The van der Waals surface area contributed by atoms with E-state index in [0.29, 0.717) is 17.8 Å². The largest absolute Gasteiger partial charge is 0.419 e. The smallest absolute Gasteiger partial charge is 0.247 e. The van der Waals surface area contributed by atoms with Crippen LogP contribution in [0.15, 0.2) is 34.7 Å². The third kappa shape index (κ3) is 2.89. The molecule has 2 aromatic rings. The first kappa shape index (κ1) is 13.3. The molecule has 1 aliphatic rings. The minimum Gasteiger partial charge on any atom is -0.419 e. The Morgan fingerprint density at radius 2 is 2.05 bits per heavy atom. The molecule has 5 nitrogen and oxygen atoms in total. The summed E-state index contributed by atoms with van der Waals surface area (Å²) in [5.74, 6) is 1.30. The fourth-order valence-electron chi connectivity index (χ4n) is 2.40. The summed E-state index contributed by atoms with van der Waals surface area (Å²) in [5.41, 5.74) is 0.971. The van der Waals surface area contributed by atoms with Gasteiger partial charge in [-0.05, 0) is 25.1 Å². The van der Waals surface area contributed by atoms with Gasteiger partial charge >= 0.3 is 0 Å². The normalized spacial score (nSPS) is 15.5. The van der Waals surface area contributed by atoms with Crippen molar-refractivity contribution in [2.45, 2.75) is 25.9 Å². The van der Waals surface area contributed by atoms with Crippen LogP contribution in [0.1, 0.15) is 19.2 Å². The third-order valence-corrected chi connectivity index (χ3v) is 3.61. The van der Waals surface area contributed by atoms with Crippen molar-refractivity contribution in [3.8, 4) is 11.5 Å². The van der Waals surface area contributed by atoms with Gasteiger partial charge in [-0.2, -0.15) is 0 Å². The van der Waals surface area contributed by atoms with Gasteiger partial charge in [-0.15, -0.1) is 10.2 Å². The summed E-state index contributed by atoms with van der Waals surface area (Å²) < 4.78 is 5.78. The van der Waals surface area contributed by atoms with Crippen molar-refractivity contribution in [1.82, 2.24) is 20.4 Å². The van der Waals surface area contributed by atoms with Gasteiger partial charge in [0.15, 0.2) is 0 Å². The molecule has 0 saturated carbocycles. The molecular weight excluding hydrogens is 252 g/mol. The Kier molecular flexibility index (Phi) is 4.08. The van der Waals surface area contributed by atoms with E-state index < -0.39 is 0 Å². The third-order valence-electron chi connectivity index (χ3n) is 3.61. The molecule has 1 aromatic heterocycles. The molecule has 106 valence electrons. The number of nitrogens with one attached hydrogen (secondary N) is 1. The highest BCUT2D eigenvalue weighted by atomic mass is 16.4. The molecule has 1 saturated heterocycles. The number of nitrogens with zero attached hydrogens (tertiary/aromatic N) is 3. The van der Waals surface area contributed by atoms with Gasteiger partial charge in [0.05, 0.1) is 6.54 Å². The zero-order chi connectivity index (χ0) is 13.8. The Hall–Kier alpha value is -1.72. The zero-order valence-corrected chi connectivity index (χ0v) is 11.7. The number of rotatable bonds is 6. The summed E-state index contributed by atoms with van der Waals surface area (Å²) in [7, 11) is 0. The Morgan fingerprint density at radius 3 is 2.70 bits per heavy atom. The summed E-state index contributed by atoms with van der Waals surface area (Å²) in [6.07, 6.45) is 1.14. The van der Waals surface area contributed by atoms with Gasteiger partial charge in [-0.3, -0.25) is 4.90 Å². The van der Waals surface area contributed by atoms with E-state index in [1.165, 1.54) is 0 Å². The summed E-state index contributed by atoms with van der Waals surface area (Å²) in [5, 5.41) is 11.6. The van der Waals surface area contributed by atoms with E-state index in [1.54, 1.807) is 0 Å². The standard InChI is InChI=1S/C15H20N4O/c1-2-8-19(13-9-16-10-13)11-14-17-18-15(20-14)12-6-4-3-5-7-12/h3-7,13,16H,2,8-11H2,1H3. The van der Waals surface area contributed by atoms with E-state index in [2.05, 4.69) is 27.3 Å². The Morgan fingerprint density at radius 1 is 1.25 bits per heavy atom. The molecule has 0 bridgehead atoms. The van der Waals surface area contributed by atoms with Gasteiger partial charge in [0.2, 0.25) is 11.8 Å². The molecule has 3 rings (SSSR count). The molecule has 0 amide bonds. The predicted octanol–water partition coefficient (Wildman–Crippen LogP) is 1.92. The predicted molar refractivity (Wildman–Crippen MR) is 77.1 cm³/mol. The molecule has 0 unspecified atom stereocenters. The van der Waals surface area contributed by atoms with E-state index in [-0.39, 0.29) is 0 Å². The lowest BCUT2D eigenvalue weighted by molar-refractivity contribution is 0.126. The molecule has 0 radical (unpaired) electrons. The first-order valence-corrected chi connectivity index (χ1v) is 7.19. The average molecular weight is 272 g/mol. The van der Waals surface area contributed by atoms with Crippen molar-refractivity contribution in [3.05, 3.63) is 36.2 Å². The number of aromatic nitrogens is 2. The Bertz CT molecular complexity index is 536. The fourth-order valence-corrected chi connectivity index (χ4v) is 2.40. The number of hydrogen-bond acceptors (Lipinski definition) is 5. The van der Waals surface area contributed by atoms with Gasteiger partial charge < -0.3 is 9.73 Å². The maximum absolute atomic E-state index is 5.78. The molecule has 1 aliphatic heterocycles. The van der Waals surface area contributed by atoms with Gasteiger partial charge in [0.25, 0.3) is 0 Å². The molecule has 0 atom stereocenters. The Balaban J connectivity index is 1.69. The monoisotopic (exact) mass is 272 g/mol. The summed E-state index contributed by atoms with van der Waals surface area (Å²) in [4.78, 5) is 2.42. The average Bonchev–Trinajstić information content (AvgIpc) is 2.87. The highest BCUT2D eigenvalue weighted by Gasteiger charge is 2.25. The molecule has 0 aliphatic carbocycles. The maximum atomic E-state index is 5.78. The second-order valence-electron chi connectivity index (χ2n) is 5.15. The van der Waals surface area contributed by atoms with Crippen molar-refractivity contribution in [2.75, 3.05) is 19.6 Å². The molecular formula is C15H20N4O. The van der Waals surface area contributed by atoms with Crippen LogP contribution >= 0.6 is 0 Å². The van der Waals surface area contributed by atoms with Crippen molar-refractivity contribution >= 4 is 0 Å². The van der Waals surface area contributed by atoms with Crippen LogP contribution in [0.25, 0.3) is 11.5 Å². The summed E-state index contributed by atoms with van der Waals surface area (Å²) in [6.45, 7) is 6.11. The van der Waals surface area contributed by atoms with Gasteiger partial charge in [0, 0.05) is 24.7 Å². The van der Waals surface area contributed by atoms with Crippen molar-refractivity contribution in [2.24, 2.45) is 0 Å².